The molecule has 4 aromatic rings. The van der Waals surface area contributed by atoms with Crippen molar-refractivity contribution in [1.29, 1.82) is 0 Å². The van der Waals surface area contributed by atoms with Gasteiger partial charge in [-0.15, -0.1) is 0 Å². The van der Waals surface area contributed by atoms with Crippen LogP contribution < -0.4 is 14.4 Å². The molecule has 1 unspecified atom stereocenters. The van der Waals surface area contributed by atoms with Gasteiger partial charge in [-0.25, -0.2) is 8.42 Å². The third kappa shape index (κ3) is 8.29. The van der Waals surface area contributed by atoms with Gasteiger partial charge in [-0.2, -0.15) is 0 Å². The van der Waals surface area contributed by atoms with Gasteiger partial charge in [0.1, 0.15) is 18.3 Å². The molecule has 0 spiro atoms. The van der Waals surface area contributed by atoms with Crippen molar-refractivity contribution in [2.45, 2.75) is 30.8 Å². The zero-order valence-corrected chi connectivity index (χ0v) is 27.9. The van der Waals surface area contributed by atoms with Crippen LogP contribution in [0.2, 0.25) is 15.1 Å². The van der Waals surface area contributed by atoms with E-state index >= 15 is 0 Å². The minimum absolute atomic E-state index is 0.0360. The number of ether oxygens (including phenoxy) is 1. The normalized spacial score (nSPS) is 11.9. The summed E-state index contributed by atoms with van der Waals surface area (Å²) in [7, 11) is -1.46. The first-order valence-electron chi connectivity index (χ1n) is 13.9. The number of halogens is 3. The highest BCUT2D eigenvalue weighted by atomic mass is 35.5. The molecular weight excluding hydrogens is 657 g/mol. The fourth-order valence-electron chi connectivity index (χ4n) is 4.76. The van der Waals surface area contributed by atoms with Gasteiger partial charge in [0.2, 0.25) is 11.8 Å². The third-order valence-corrected chi connectivity index (χ3v) is 9.90. The van der Waals surface area contributed by atoms with E-state index in [-0.39, 0.29) is 39.3 Å². The number of nitrogens with one attached hydrogen (secondary N) is 1. The van der Waals surface area contributed by atoms with Crippen LogP contribution in [-0.2, 0) is 32.6 Å². The van der Waals surface area contributed by atoms with Gasteiger partial charge in [0.05, 0.1) is 27.7 Å². The van der Waals surface area contributed by atoms with Crippen molar-refractivity contribution in [3.8, 4) is 5.75 Å². The van der Waals surface area contributed by atoms with E-state index in [0.717, 1.165) is 15.4 Å². The van der Waals surface area contributed by atoms with E-state index in [1.54, 1.807) is 36.4 Å². The molecule has 0 fully saturated rings. The molecule has 0 aliphatic carbocycles. The third-order valence-electron chi connectivity index (χ3n) is 7.15. The predicted octanol–water partition coefficient (Wildman–Crippen LogP) is 6.55. The monoisotopic (exact) mass is 687 g/mol. The van der Waals surface area contributed by atoms with Crippen LogP contribution in [0.1, 0.15) is 16.7 Å². The molecule has 1 atom stereocenters. The maximum absolute atomic E-state index is 14.5. The molecule has 0 aliphatic rings. The summed E-state index contributed by atoms with van der Waals surface area (Å²) >= 11 is 18.8. The molecule has 12 heteroatoms. The Morgan fingerprint density at radius 2 is 1.56 bits per heavy atom. The number of sulfonamides is 1. The number of hydrogen-bond donors (Lipinski definition) is 1. The number of rotatable bonds is 12. The summed E-state index contributed by atoms with van der Waals surface area (Å²) in [6.45, 7) is 1.10. The number of nitrogens with zero attached hydrogens (tertiary/aromatic N) is 2. The molecule has 8 nitrogen and oxygen atoms in total. The summed E-state index contributed by atoms with van der Waals surface area (Å²) in [6, 6.07) is 23.9. The molecule has 4 rings (SSSR count). The van der Waals surface area contributed by atoms with Gasteiger partial charge in [0.15, 0.2) is 0 Å². The average molecular weight is 689 g/mol. The first-order chi connectivity index (χ1) is 21.4. The number of hydrogen-bond acceptors (Lipinski definition) is 5. The number of carbonyl (C=O) groups excluding carboxylic acids is 2. The number of methoxy groups -OCH3 is 1. The first kappa shape index (κ1) is 34.1. The summed E-state index contributed by atoms with van der Waals surface area (Å²) in [4.78, 5) is 29.2. The number of aryl methyl sites for hydroxylation is 1. The van der Waals surface area contributed by atoms with E-state index in [1.165, 1.54) is 43.3 Å². The molecule has 2 amide bonds. The molecule has 236 valence electrons. The zero-order valence-electron chi connectivity index (χ0n) is 24.8. The van der Waals surface area contributed by atoms with Gasteiger partial charge >= 0.3 is 0 Å². The van der Waals surface area contributed by atoms with Crippen LogP contribution in [0.3, 0.4) is 0 Å². The Bertz CT molecular complexity index is 1770. The lowest BCUT2D eigenvalue weighted by Gasteiger charge is -2.34. The zero-order chi connectivity index (χ0) is 32.7. The van der Waals surface area contributed by atoms with Crippen LogP contribution in [0.25, 0.3) is 0 Å². The molecule has 45 heavy (non-hydrogen) atoms. The fourth-order valence-corrected chi connectivity index (χ4v) is 6.67. The minimum Gasteiger partial charge on any atom is -0.495 e. The number of carbonyl (C=O) groups is 2. The maximum Gasteiger partial charge on any atom is 0.264 e. The van der Waals surface area contributed by atoms with Crippen molar-refractivity contribution in [1.82, 2.24) is 10.2 Å². The second-order valence-corrected chi connectivity index (χ2v) is 13.3. The number of anilines is 1. The molecule has 1 N–H and O–H groups in total. The maximum atomic E-state index is 14.5. The molecule has 0 aromatic heterocycles. The Kier molecular flexibility index (Phi) is 11.4. The number of likely N-dealkylation sites (N-methyl/N-ethyl adjacent to an activating group) is 1. The molecular formula is C33H32Cl3N3O5S. The lowest BCUT2D eigenvalue weighted by molar-refractivity contribution is -0.139. The SMILES string of the molecule is CNC(=O)C(Cc1ccccc1)N(Cc1ccc(Cl)c(Cl)c1)C(=O)CN(c1cc(Cl)ccc1OC)S(=O)(=O)c1ccc(C)cc1. The molecule has 0 saturated heterocycles. The van der Waals surface area contributed by atoms with Crippen LogP contribution in [0.5, 0.6) is 5.75 Å². The van der Waals surface area contributed by atoms with Crippen LogP contribution in [0.4, 0.5) is 5.69 Å². The highest BCUT2D eigenvalue weighted by Crippen LogP contribution is 2.35. The molecule has 0 saturated carbocycles. The molecule has 0 heterocycles. The Morgan fingerprint density at radius 1 is 0.867 bits per heavy atom. The van der Waals surface area contributed by atoms with Crippen molar-refractivity contribution in [3.05, 3.63) is 123 Å². The van der Waals surface area contributed by atoms with Gasteiger partial charge in [0.25, 0.3) is 10.0 Å². The van der Waals surface area contributed by atoms with Crippen LogP contribution >= 0.6 is 34.8 Å². The summed E-state index contributed by atoms with van der Waals surface area (Å²) in [5.41, 5.74) is 2.32. The molecule has 0 bridgehead atoms. The Morgan fingerprint density at radius 3 is 2.18 bits per heavy atom. The predicted molar refractivity (Wildman–Crippen MR) is 179 cm³/mol. The lowest BCUT2D eigenvalue weighted by atomic mass is 10.0. The lowest BCUT2D eigenvalue weighted by Crippen LogP contribution is -2.53. The van der Waals surface area contributed by atoms with Gasteiger partial charge in [-0.1, -0.05) is 88.9 Å². The van der Waals surface area contributed by atoms with Crippen LogP contribution in [-0.4, -0.2) is 51.9 Å². The van der Waals surface area contributed by atoms with Gasteiger partial charge in [-0.05, 0) is 60.5 Å². The highest BCUT2D eigenvalue weighted by Gasteiger charge is 2.35. The van der Waals surface area contributed by atoms with E-state index in [1.807, 2.05) is 37.3 Å². The van der Waals surface area contributed by atoms with Gasteiger partial charge in [0, 0.05) is 25.0 Å². The standard InChI is InChI=1S/C33H32Cl3N3O5S/c1-22-9-13-26(14-10-22)45(42,43)39(29-19-25(34)12-16-31(29)44-3)21-32(40)38(20-24-11-15-27(35)28(36)17-24)30(33(41)37-2)18-23-7-5-4-6-8-23/h4-17,19,30H,18,20-21H2,1-3H3,(H,37,41). The van der Waals surface area contributed by atoms with Crippen LogP contribution in [0.15, 0.2) is 95.9 Å². The smallest absolute Gasteiger partial charge is 0.264 e. The Labute approximate surface area is 278 Å². The van der Waals surface area contributed by atoms with Crippen molar-refractivity contribution < 1.29 is 22.7 Å². The summed E-state index contributed by atoms with van der Waals surface area (Å²) < 4.78 is 34.9. The molecule has 4 aromatic carbocycles. The number of amides is 2. The average Bonchev–Trinajstić information content (AvgIpc) is 3.03. The fraction of sp³-hybridized carbons (Fsp3) is 0.212. The number of benzene rings is 4. The molecule has 0 aliphatic heterocycles. The van der Waals surface area contributed by atoms with E-state index in [4.69, 9.17) is 39.5 Å². The second-order valence-electron chi connectivity index (χ2n) is 10.2. The van der Waals surface area contributed by atoms with Gasteiger partial charge in [-0.3, -0.25) is 13.9 Å². The van der Waals surface area contributed by atoms with E-state index in [9.17, 15) is 18.0 Å². The van der Waals surface area contributed by atoms with Gasteiger partial charge < -0.3 is 15.0 Å². The summed E-state index contributed by atoms with van der Waals surface area (Å²) in [6.07, 6.45) is 0.165. The van der Waals surface area contributed by atoms with E-state index < -0.39 is 34.4 Å². The van der Waals surface area contributed by atoms with E-state index in [2.05, 4.69) is 5.32 Å². The topological polar surface area (TPSA) is 96.0 Å². The quantitative estimate of drug-likeness (QED) is 0.182. The highest BCUT2D eigenvalue weighted by molar-refractivity contribution is 7.92. The van der Waals surface area contributed by atoms with Crippen molar-refractivity contribution in [2.24, 2.45) is 0 Å². The van der Waals surface area contributed by atoms with Crippen LogP contribution in [0, 0.1) is 6.92 Å². The van der Waals surface area contributed by atoms with E-state index in [0.29, 0.717) is 10.6 Å². The minimum atomic E-state index is -4.34. The van der Waals surface area contributed by atoms with Crippen molar-refractivity contribution in [2.75, 3.05) is 25.0 Å². The van der Waals surface area contributed by atoms with Crippen molar-refractivity contribution >= 4 is 62.3 Å². The summed E-state index contributed by atoms with van der Waals surface area (Å²) in [5.74, 6) is -0.894. The molecule has 0 radical (unpaired) electrons. The first-order valence-corrected chi connectivity index (χ1v) is 16.4. The Balaban J connectivity index is 1.85. The Hall–Kier alpha value is -3.76. The van der Waals surface area contributed by atoms with Crippen molar-refractivity contribution in [3.63, 3.8) is 0 Å². The summed E-state index contributed by atoms with van der Waals surface area (Å²) in [5, 5.41) is 3.49. The second kappa shape index (κ2) is 15.0. The largest absolute Gasteiger partial charge is 0.495 e.